The molecule has 6 nitrogen and oxygen atoms in total. The van der Waals surface area contributed by atoms with Gasteiger partial charge in [0.1, 0.15) is 0 Å². The number of nitrogens with one attached hydrogen (secondary N) is 1. The van der Waals surface area contributed by atoms with E-state index in [4.69, 9.17) is 9.84 Å². The van der Waals surface area contributed by atoms with Gasteiger partial charge in [-0.25, -0.2) is 9.59 Å². The van der Waals surface area contributed by atoms with Crippen LogP contribution in [-0.2, 0) is 4.74 Å². The fourth-order valence-electron chi connectivity index (χ4n) is 2.53. The minimum absolute atomic E-state index is 0.0607. The van der Waals surface area contributed by atoms with Gasteiger partial charge in [0.25, 0.3) is 0 Å². The summed E-state index contributed by atoms with van der Waals surface area (Å²) in [7, 11) is 0. The molecule has 0 aromatic carbocycles. The van der Waals surface area contributed by atoms with Crippen molar-refractivity contribution in [2.24, 2.45) is 11.8 Å². The lowest BCUT2D eigenvalue weighted by molar-refractivity contribution is 0.0969. The van der Waals surface area contributed by atoms with E-state index in [1.54, 1.807) is 0 Å². The van der Waals surface area contributed by atoms with E-state index in [-0.39, 0.29) is 12.1 Å². The van der Waals surface area contributed by atoms with Crippen molar-refractivity contribution in [3.8, 4) is 0 Å². The number of nitrogens with zero attached hydrogens (tertiary/aromatic N) is 1. The Labute approximate surface area is 132 Å². The first-order valence-corrected chi connectivity index (χ1v) is 8.45. The molecular weight excluding hydrogens is 284 g/mol. The van der Waals surface area contributed by atoms with Gasteiger partial charge in [-0.15, -0.1) is 0 Å². The predicted octanol–water partition coefficient (Wildman–Crippen LogP) is 3.07. The van der Waals surface area contributed by atoms with Gasteiger partial charge >= 0.3 is 12.2 Å². The van der Waals surface area contributed by atoms with Crippen LogP contribution in [0.1, 0.15) is 51.9 Å². The fourth-order valence-corrected chi connectivity index (χ4v) is 2.53. The molecule has 2 amide bonds. The molecular formula is C16H28N2O4. The highest BCUT2D eigenvalue weighted by Gasteiger charge is 2.32. The first kappa shape index (κ1) is 16.9. The molecule has 0 bridgehead atoms. The van der Waals surface area contributed by atoms with Crippen molar-refractivity contribution in [2.45, 2.75) is 57.9 Å². The molecule has 22 heavy (non-hydrogen) atoms. The highest BCUT2D eigenvalue weighted by Crippen LogP contribution is 2.33. The smallest absolute Gasteiger partial charge is 0.409 e. The van der Waals surface area contributed by atoms with Gasteiger partial charge in [-0.2, -0.15) is 0 Å². The summed E-state index contributed by atoms with van der Waals surface area (Å²) in [5.41, 5.74) is 0. The molecule has 0 radical (unpaired) electrons. The molecule has 0 spiro atoms. The summed E-state index contributed by atoms with van der Waals surface area (Å²) in [4.78, 5) is 24.5. The van der Waals surface area contributed by atoms with Gasteiger partial charge in [-0.3, -0.25) is 0 Å². The van der Waals surface area contributed by atoms with Gasteiger partial charge in [0.2, 0.25) is 0 Å². The standard InChI is InChI=1S/C16H28N2O4/c1-12(17-15(19)20)4-2-3-9-22-16(21)18(10-13-5-6-13)11-14-7-8-14/h12-14,17H,2-11H2,1H3,(H,19,20). The van der Waals surface area contributed by atoms with Gasteiger partial charge in [0, 0.05) is 19.1 Å². The Balaban J connectivity index is 1.55. The van der Waals surface area contributed by atoms with Crippen LogP contribution in [0.2, 0.25) is 0 Å². The molecule has 1 unspecified atom stereocenters. The van der Waals surface area contributed by atoms with E-state index < -0.39 is 6.09 Å². The van der Waals surface area contributed by atoms with Crippen molar-refractivity contribution >= 4 is 12.2 Å². The molecule has 2 saturated carbocycles. The minimum Gasteiger partial charge on any atom is -0.465 e. The first-order valence-electron chi connectivity index (χ1n) is 8.45. The molecule has 2 N–H and O–H groups in total. The van der Waals surface area contributed by atoms with Gasteiger partial charge in [0.15, 0.2) is 0 Å². The van der Waals surface area contributed by atoms with E-state index in [1.807, 2.05) is 11.8 Å². The summed E-state index contributed by atoms with van der Waals surface area (Å²) in [6.45, 7) is 3.97. The molecule has 0 aromatic heterocycles. The highest BCUT2D eigenvalue weighted by atomic mass is 16.6. The lowest BCUT2D eigenvalue weighted by atomic mass is 10.1. The predicted molar refractivity (Wildman–Crippen MR) is 82.8 cm³/mol. The number of carboxylic acid groups (broad SMARTS) is 1. The lowest BCUT2D eigenvalue weighted by Gasteiger charge is -2.22. The second kappa shape index (κ2) is 8.25. The summed E-state index contributed by atoms with van der Waals surface area (Å²) >= 11 is 0. The second-order valence-electron chi connectivity index (χ2n) is 6.75. The van der Waals surface area contributed by atoms with Crippen molar-refractivity contribution in [3.05, 3.63) is 0 Å². The molecule has 0 saturated heterocycles. The Bertz CT molecular complexity index is 366. The highest BCUT2D eigenvalue weighted by molar-refractivity contribution is 5.67. The number of ether oxygens (including phenoxy) is 1. The summed E-state index contributed by atoms with van der Waals surface area (Å²) < 4.78 is 5.37. The lowest BCUT2D eigenvalue weighted by Crippen LogP contribution is -2.35. The largest absolute Gasteiger partial charge is 0.465 e. The van der Waals surface area contributed by atoms with E-state index >= 15 is 0 Å². The van der Waals surface area contributed by atoms with E-state index in [9.17, 15) is 9.59 Å². The van der Waals surface area contributed by atoms with Gasteiger partial charge in [-0.05, 0) is 63.7 Å². The summed E-state index contributed by atoms with van der Waals surface area (Å²) in [5, 5.41) is 11.0. The van der Waals surface area contributed by atoms with E-state index in [0.29, 0.717) is 18.4 Å². The Morgan fingerprint density at radius 3 is 2.27 bits per heavy atom. The molecule has 2 fully saturated rings. The average molecular weight is 312 g/mol. The molecule has 2 rings (SSSR count). The summed E-state index contributed by atoms with van der Waals surface area (Å²) in [6, 6.07) is -0.0607. The third kappa shape index (κ3) is 7.00. The van der Waals surface area contributed by atoms with Crippen LogP contribution in [0.5, 0.6) is 0 Å². The van der Waals surface area contributed by atoms with Crippen molar-refractivity contribution < 1.29 is 19.4 Å². The van der Waals surface area contributed by atoms with Gasteiger partial charge in [0.05, 0.1) is 6.61 Å². The number of carbonyl (C=O) groups is 2. The third-order valence-corrected chi connectivity index (χ3v) is 4.24. The normalized spacial score (nSPS) is 18.6. The van der Waals surface area contributed by atoms with Crippen LogP contribution in [0.25, 0.3) is 0 Å². The van der Waals surface area contributed by atoms with E-state index in [0.717, 1.165) is 32.4 Å². The van der Waals surface area contributed by atoms with Crippen LogP contribution in [-0.4, -0.2) is 47.9 Å². The second-order valence-corrected chi connectivity index (χ2v) is 6.75. The Morgan fingerprint density at radius 2 is 1.77 bits per heavy atom. The number of hydrogen-bond acceptors (Lipinski definition) is 3. The first-order chi connectivity index (χ1) is 10.5. The van der Waals surface area contributed by atoms with Gasteiger partial charge in [-0.1, -0.05) is 0 Å². The number of amides is 2. The Kier molecular flexibility index (Phi) is 6.34. The van der Waals surface area contributed by atoms with Crippen LogP contribution < -0.4 is 5.32 Å². The van der Waals surface area contributed by atoms with Crippen LogP contribution in [0.4, 0.5) is 9.59 Å². The van der Waals surface area contributed by atoms with Crippen LogP contribution >= 0.6 is 0 Å². The average Bonchev–Trinajstić information content (AvgIpc) is 3.31. The molecule has 2 aliphatic carbocycles. The maximum absolute atomic E-state index is 12.1. The van der Waals surface area contributed by atoms with Crippen molar-refractivity contribution in [2.75, 3.05) is 19.7 Å². The zero-order valence-electron chi connectivity index (χ0n) is 13.4. The number of unbranched alkanes of at least 4 members (excludes halogenated alkanes) is 1. The number of hydrogen-bond donors (Lipinski definition) is 2. The topological polar surface area (TPSA) is 78.9 Å². The van der Waals surface area contributed by atoms with Crippen molar-refractivity contribution in [1.29, 1.82) is 0 Å². The van der Waals surface area contributed by atoms with E-state index in [2.05, 4.69) is 5.32 Å². The van der Waals surface area contributed by atoms with Crippen LogP contribution in [0.15, 0.2) is 0 Å². The zero-order valence-corrected chi connectivity index (χ0v) is 13.4. The Hall–Kier alpha value is -1.46. The molecule has 6 heteroatoms. The number of rotatable bonds is 10. The summed E-state index contributed by atoms with van der Waals surface area (Å²) in [5.74, 6) is 1.38. The molecule has 2 aliphatic rings. The van der Waals surface area contributed by atoms with E-state index in [1.165, 1.54) is 25.7 Å². The zero-order chi connectivity index (χ0) is 15.9. The van der Waals surface area contributed by atoms with Crippen LogP contribution in [0.3, 0.4) is 0 Å². The van der Waals surface area contributed by atoms with Gasteiger partial charge < -0.3 is 20.1 Å². The quantitative estimate of drug-likeness (QED) is 0.608. The molecule has 126 valence electrons. The third-order valence-electron chi connectivity index (χ3n) is 4.24. The molecule has 0 aliphatic heterocycles. The summed E-state index contributed by atoms with van der Waals surface area (Å²) in [6.07, 6.45) is 6.18. The SMILES string of the molecule is CC(CCCCOC(=O)N(CC1CC1)CC1CC1)NC(=O)O. The minimum atomic E-state index is -0.991. The van der Waals surface area contributed by atoms with Crippen molar-refractivity contribution in [1.82, 2.24) is 10.2 Å². The molecule has 1 atom stereocenters. The fraction of sp³-hybridized carbons (Fsp3) is 0.875. The number of carbonyl (C=O) groups excluding carboxylic acids is 1. The monoisotopic (exact) mass is 312 g/mol. The van der Waals surface area contributed by atoms with Crippen LogP contribution in [0, 0.1) is 11.8 Å². The Morgan fingerprint density at radius 1 is 1.18 bits per heavy atom. The van der Waals surface area contributed by atoms with Crippen molar-refractivity contribution in [3.63, 3.8) is 0 Å². The molecule has 0 heterocycles. The maximum Gasteiger partial charge on any atom is 0.409 e. The molecule has 0 aromatic rings. The maximum atomic E-state index is 12.1.